The van der Waals surface area contributed by atoms with Gasteiger partial charge in [0.05, 0.1) is 16.1 Å². The molecule has 8 nitrogen and oxygen atoms in total. The van der Waals surface area contributed by atoms with E-state index in [1.54, 1.807) is 0 Å². The van der Waals surface area contributed by atoms with Crippen molar-refractivity contribution in [2.45, 2.75) is 0 Å². The maximum Gasteiger partial charge on any atom is 0.335 e. The molecule has 82 valence electrons. The Balaban J connectivity index is 2.97. The van der Waals surface area contributed by atoms with Crippen LogP contribution >= 0.6 is 0 Å². The summed E-state index contributed by atoms with van der Waals surface area (Å²) in [6, 6.07) is 4.61. The molecular formula is C8H5N3O5. The number of carbonyl (C=O) groups excluding carboxylic acids is 1. The summed E-state index contributed by atoms with van der Waals surface area (Å²) < 4.78 is 0. The number of carboxylic acids is 1. The zero-order chi connectivity index (χ0) is 12.1. The van der Waals surface area contributed by atoms with Gasteiger partial charge in [0.1, 0.15) is 0 Å². The molecule has 0 aliphatic carbocycles. The van der Waals surface area contributed by atoms with Crippen LogP contribution in [0.4, 0.5) is 0 Å². The number of aromatic carboxylic acids is 1. The average molecular weight is 223 g/mol. The topological polar surface area (TPSA) is 116 Å². The van der Waals surface area contributed by atoms with Crippen molar-refractivity contribution in [2.75, 3.05) is 0 Å². The summed E-state index contributed by atoms with van der Waals surface area (Å²) in [5, 5.41) is 12.6. The Kier molecular flexibility index (Phi) is 3.38. The van der Waals surface area contributed by atoms with Crippen molar-refractivity contribution in [1.29, 1.82) is 0 Å². The van der Waals surface area contributed by atoms with Gasteiger partial charge in [-0.15, -0.1) is 9.81 Å². The van der Waals surface area contributed by atoms with Crippen molar-refractivity contribution in [3.8, 4) is 0 Å². The lowest BCUT2D eigenvalue weighted by Gasteiger charge is -2.02. The summed E-state index contributed by atoms with van der Waals surface area (Å²) in [5.74, 6) is -2.18. The van der Waals surface area contributed by atoms with E-state index in [9.17, 15) is 19.4 Å². The minimum absolute atomic E-state index is 0.0266. The SMILES string of the molecule is O=NN(N=O)C(=O)c1ccc(C(=O)O)cc1. The van der Waals surface area contributed by atoms with Crippen LogP contribution in [0.2, 0.25) is 0 Å². The summed E-state index contributed by atoms with van der Waals surface area (Å²) in [5.41, 5.74) is -0.0922. The molecule has 0 aliphatic rings. The van der Waals surface area contributed by atoms with Crippen LogP contribution in [0.25, 0.3) is 0 Å². The number of hydrogen-bond donors (Lipinski definition) is 1. The van der Waals surface area contributed by atoms with Gasteiger partial charge in [0, 0.05) is 5.56 Å². The Morgan fingerprint density at radius 3 is 1.81 bits per heavy atom. The van der Waals surface area contributed by atoms with Gasteiger partial charge in [-0.05, 0) is 29.4 Å². The van der Waals surface area contributed by atoms with E-state index in [1.165, 1.54) is 0 Å². The summed E-state index contributed by atoms with van der Waals surface area (Å²) >= 11 is 0. The molecule has 0 unspecified atom stereocenters. The predicted molar refractivity (Wildman–Crippen MR) is 51.2 cm³/mol. The quantitative estimate of drug-likeness (QED) is 0.607. The van der Waals surface area contributed by atoms with Crippen molar-refractivity contribution in [3.63, 3.8) is 0 Å². The minimum atomic E-state index is -1.15. The van der Waals surface area contributed by atoms with Crippen LogP contribution in [0.5, 0.6) is 0 Å². The number of hydrogen-bond acceptors (Lipinski definition) is 6. The third kappa shape index (κ3) is 2.23. The van der Waals surface area contributed by atoms with E-state index in [2.05, 4.69) is 10.6 Å². The molecule has 8 heteroatoms. The molecule has 0 fully saturated rings. The summed E-state index contributed by atoms with van der Waals surface area (Å²) in [7, 11) is 0. The predicted octanol–water partition coefficient (Wildman–Crippen LogP) is 1.19. The van der Waals surface area contributed by atoms with Gasteiger partial charge < -0.3 is 5.11 Å². The van der Waals surface area contributed by atoms with E-state index in [4.69, 9.17) is 5.11 Å². The fourth-order valence-corrected chi connectivity index (χ4v) is 0.960. The highest BCUT2D eigenvalue weighted by Crippen LogP contribution is 2.08. The number of rotatable bonds is 4. The Hall–Kier alpha value is -2.64. The number of benzene rings is 1. The number of nitrogens with zero attached hydrogens (tertiary/aromatic N) is 3. The molecule has 1 rings (SSSR count). The first-order chi connectivity index (χ1) is 7.60. The first kappa shape index (κ1) is 11.4. The highest BCUT2D eigenvalue weighted by molar-refractivity contribution is 5.95. The highest BCUT2D eigenvalue weighted by atomic mass is 16.4. The lowest BCUT2D eigenvalue weighted by molar-refractivity contribution is 0.0694. The molecule has 1 N–H and O–H groups in total. The largest absolute Gasteiger partial charge is 0.478 e. The molecule has 0 aliphatic heterocycles. The monoisotopic (exact) mass is 223 g/mol. The van der Waals surface area contributed by atoms with Crippen molar-refractivity contribution in [1.82, 2.24) is 5.12 Å². The summed E-state index contributed by atoms with van der Waals surface area (Å²) in [6.07, 6.45) is 0. The molecule has 1 aromatic carbocycles. The fourth-order valence-electron chi connectivity index (χ4n) is 0.960. The van der Waals surface area contributed by atoms with Crippen LogP contribution in [0.15, 0.2) is 34.8 Å². The summed E-state index contributed by atoms with van der Waals surface area (Å²) in [4.78, 5) is 41.8. The van der Waals surface area contributed by atoms with Crippen molar-refractivity contribution < 1.29 is 14.7 Å². The van der Waals surface area contributed by atoms with Gasteiger partial charge in [-0.1, -0.05) is 0 Å². The number of amides is 1. The summed E-state index contributed by atoms with van der Waals surface area (Å²) in [6.45, 7) is 0. The lowest BCUT2D eigenvalue weighted by atomic mass is 10.1. The first-order valence-electron chi connectivity index (χ1n) is 3.94. The van der Waals surface area contributed by atoms with Gasteiger partial charge >= 0.3 is 11.9 Å². The Morgan fingerprint density at radius 1 is 1.00 bits per heavy atom. The van der Waals surface area contributed by atoms with Gasteiger partial charge in [-0.2, -0.15) is 0 Å². The second kappa shape index (κ2) is 4.73. The van der Waals surface area contributed by atoms with Crippen LogP contribution < -0.4 is 0 Å². The maximum atomic E-state index is 11.3. The molecule has 0 heterocycles. The van der Waals surface area contributed by atoms with E-state index in [-0.39, 0.29) is 16.2 Å². The van der Waals surface area contributed by atoms with Gasteiger partial charge in [-0.3, -0.25) is 4.79 Å². The Bertz CT molecular complexity index is 433. The third-order valence-corrected chi connectivity index (χ3v) is 1.72. The molecule has 1 aromatic rings. The Morgan fingerprint density at radius 2 is 1.44 bits per heavy atom. The molecule has 1 amide bonds. The fraction of sp³-hybridized carbons (Fsp3) is 0. The number of carboxylic acid groups (broad SMARTS) is 1. The van der Waals surface area contributed by atoms with E-state index in [1.807, 2.05) is 0 Å². The zero-order valence-electron chi connectivity index (χ0n) is 7.73. The average Bonchev–Trinajstić information content (AvgIpc) is 2.30. The van der Waals surface area contributed by atoms with Crippen molar-refractivity contribution >= 4 is 11.9 Å². The molecule has 0 atom stereocenters. The van der Waals surface area contributed by atoms with Gasteiger partial charge in [0.25, 0.3) is 0 Å². The van der Waals surface area contributed by atoms with Crippen LogP contribution in [-0.2, 0) is 0 Å². The zero-order valence-corrected chi connectivity index (χ0v) is 7.73. The smallest absolute Gasteiger partial charge is 0.335 e. The maximum absolute atomic E-state index is 11.3. The minimum Gasteiger partial charge on any atom is -0.478 e. The standard InChI is InChI=1S/C8H5N3O5/c12-7(11(9-15)10-16)5-1-3-6(4-2-5)8(13)14/h1-4H,(H,13,14). The molecule has 0 saturated carbocycles. The first-order valence-corrected chi connectivity index (χ1v) is 3.94. The Labute approximate surface area is 88.4 Å². The molecule has 0 aromatic heterocycles. The third-order valence-electron chi connectivity index (χ3n) is 1.72. The van der Waals surface area contributed by atoms with E-state index in [0.717, 1.165) is 24.3 Å². The number of nitroso groups, excluding NO2 is 2. The van der Waals surface area contributed by atoms with Crippen LogP contribution in [0, 0.1) is 9.81 Å². The normalized spacial score (nSPS) is 9.25. The second-order valence-corrected chi connectivity index (χ2v) is 2.64. The molecular weight excluding hydrogens is 218 g/mol. The van der Waals surface area contributed by atoms with Crippen molar-refractivity contribution in [2.24, 2.45) is 10.6 Å². The molecule has 0 spiro atoms. The molecule has 0 radical (unpaired) electrons. The van der Waals surface area contributed by atoms with Gasteiger partial charge in [0.2, 0.25) is 0 Å². The van der Waals surface area contributed by atoms with E-state index < -0.39 is 11.9 Å². The highest BCUT2D eigenvalue weighted by Gasteiger charge is 2.17. The van der Waals surface area contributed by atoms with E-state index in [0.29, 0.717) is 0 Å². The molecule has 0 bridgehead atoms. The van der Waals surface area contributed by atoms with Crippen molar-refractivity contribution in [3.05, 3.63) is 45.2 Å². The van der Waals surface area contributed by atoms with Gasteiger partial charge in [-0.25, -0.2) is 4.79 Å². The second-order valence-electron chi connectivity index (χ2n) is 2.64. The molecule has 0 saturated heterocycles. The number of carbonyl (C=O) groups is 2. The van der Waals surface area contributed by atoms with Crippen LogP contribution in [-0.4, -0.2) is 22.1 Å². The van der Waals surface area contributed by atoms with Crippen LogP contribution in [0.3, 0.4) is 0 Å². The van der Waals surface area contributed by atoms with Gasteiger partial charge in [0.15, 0.2) is 0 Å². The van der Waals surface area contributed by atoms with E-state index >= 15 is 0 Å². The molecule has 16 heavy (non-hydrogen) atoms. The lowest BCUT2D eigenvalue weighted by Crippen LogP contribution is -2.18. The van der Waals surface area contributed by atoms with Crippen LogP contribution in [0.1, 0.15) is 20.7 Å².